The molecule has 0 spiro atoms. The Kier molecular flexibility index (Phi) is 6.39. The van der Waals surface area contributed by atoms with E-state index in [0.29, 0.717) is 0 Å². The largest absolute Gasteiger partial charge is 0.456 e. The standard InChI is InChI=1S/C46H29NOS/c1-2-8-30(9-3-1)31-14-20-35(21-15-31)47(37-24-26-40-39-10-5-7-13-44(39)49-45(40)29-37)36-22-16-32(17-23-36)33-18-25-38-34(28-33)19-27-43-46(38)41-11-4-6-12-42(41)48-43/h1-29H. The second kappa shape index (κ2) is 11.2. The Morgan fingerprint density at radius 1 is 0.367 bits per heavy atom. The second-order valence-electron chi connectivity index (χ2n) is 12.5. The summed E-state index contributed by atoms with van der Waals surface area (Å²) in [5.41, 5.74) is 10.0. The van der Waals surface area contributed by atoms with E-state index in [9.17, 15) is 0 Å². The number of hydrogen-bond donors (Lipinski definition) is 0. The lowest BCUT2D eigenvalue weighted by atomic mass is 9.98. The van der Waals surface area contributed by atoms with Crippen molar-refractivity contribution >= 4 is 81.3 Å². The Balaban J connectivity index is 1.06. The predicted octanol–water partition coefficient (Wildman–Crippen LogP) is 13.9. The molecule has 0 bridgehead atoms. The first kappa shape index (κ1) is 27.9. The molecule has 0 saturated carbocycles. The molecule has 10 rings (SSSR count). The number of fused-ring (bicyclic) bond motifs is 8. The van der Waals surface area contributed by atoms with Crippen molar-refractivity contribution in [3.8, 4) is 22.3 Å². The summed E-state index contributed by atoms with van der Waals surface area (Å²) in [6, 6.07) is 63.3. The molecule has 0 aliphatic rings. The Labute approximate surface area is 287 Å². The highest BCUT2D eigenvalue weighted by Crippen LogP contribution is 2.42. The maximum absolute atomic E-state index is 6.15. The van der Waals surface area contributed by atoms with Gasteiger partial charge in [0, 0.05) is 48.0 Å². The van der Waals surface area contributed by atoms with Crippen LogP contribution in [0.15, 0.2) is 180 Å². The van der Waals surface area contributed by atoms with E-state index in [2.05, 4.69) is 169 Å². The smallest absolute Gasteiger partial charge is 0.136 e. The number of benzene rings is 8. The molecule has 10 aromatic rings. The fraction of sp³-hybridized carbons (Fsp3) is 0. The zero-order valence-electron chi connectivity index (χ0n) is 26.5. The van der Waals surface area contributed by atoms with Crippen molar-refractivity contribution in [2.24, 2.45) is 0 Å². The minimum absolute atomic E-state index is 0.926. The molecule has 8 aromatic carbocycles. The van der Waals surface area contributed by atoms with Crippen molar-refractivity contribution in [1.29, 1.82) is 0 Å². The summed E-state index contributed by atoms with van der Waals surface area (Å²) in [7, 11) is 0. The minimum atomic E-state index is 0.926. The van der Waals surface area contributed by atoms with Gasteiger partial charge in [-0.05, 0) is 93.7 Å². The van der Waals surface area contributed by atoms with Crippen LogP contribution >= 0.6 is 11.3 Å². The predicted molar refractivity (Wildman–Crippen MR) is 210 cm³/mol. The molecule has 230 valence electrons. The van der Waals surface area contributed by atoms with E-state index in [1.807, 2.05) is 23.5 Å². The summed E-state index contributed by atoms with van der Waals surface area (Å²) in [4.78, 5) is 2.36. The zero-order chi connectivity index (χ0) is 32.3. The van der Waals surface area contributed by atoms with Crippen LogP contribution in [0.2, 0.25) is 0 Å². The lowest BCUT2D eigenvalue weighted by Crippen LogP contribution is -2.09. The molecule has 0 amide bonds. The van der Waals surface area contributed by atoms with Crippen molar-refractivity contribution < 1.29 is 4.42 Å². The van der Waals surface area contributed by atoms with Crippen LogP contribution in [0.5, 0.6) is 0 Å². The molecule has 49 heavy (non-hydrogen) atoms. The van der Waals surface area contributed by atoms with Gasteiger partial charge >= 0.3 is 0 Å². The van der Waals surface area contributed by atoms with Crippen LogP contribution < -0.4 is 4.90 Å². The van der Waals surface area contributed by atoms with Crippen LogP contribution in [0, 0.1) is 0 Å². The molecular weight excluding hydrogens is 615 g/mol. The lowest BCUT2D eigenvalue weighted by Gasteiger charge is -2.26. The van der Waals surface area contributed by atoms with Gasteiger partial charge in [-0.25, -0.2) is 0 Å². The topological polar surface area (TPSA) is 16.4 Å². The number of para-hydroxylation sites is 1. The van der Waals surface area contributed by atoms with Crippen molar-refractivity contribution in [2.75, 3.05) is 4.90 Å². The molecule has 0 aliphatic carbocycles. The van der Waals surface area contributed by atoms with E-state index in [1.54, 1.807) is 0 Å². The first-order valence-corrected chi connectivity index (χ1v) is 17.4. The minimum Gasteiger partial charge on any atom is -0.456 e. The highest BCUT2D eigenvalue weighted by atomic mass is 32.1. The number of anilines is 3. The van der Waals surface area contributed by atoms with Gasteiger partial charge in [0.05, 0.1) is 0 Å². The summed E-state index contributed by atoms with van der Waals surface area (Å²) in [6.45, 7) is 0. The Hall–Kier alpha value is -6.16. The molecule has 0 fully saturated rings. The van der Waals surface area contributed by atoms with E-state index in [0.717, 1.165) is 33.6 Å². The average molecular weight is 644 g/mol. The van der Waals surface area contributed by atoms with E-state index in [4.69, 9.17) is 4.42 Å². The second-order valence-corrected chi connectivity index (χ2v) is 13.6. The summed E-state index contributed by atoms with van der Waals surface area (Å²) < 4.78 is 8.75. The Morgan fingerprint density at radius 3 is 1.76 bits per heavy atom. The van der Waals surface area contributed by atoms with Crippen molar-refractivity contribution in [3.05, 3.63) is 176 Å². The van der Waals surface area contributed by atoms with Gasteiger partial charge in [-0.2, -0.15) is 0 Å². The summed E-state index contributed by atoms with van der Waals surface area (Å²) >= 11 is 1.85. The van der Waals surface area contributed by atoms with Crippen molar-refractivity contribution in [1.82, 2.24) is 0 Å². The SMILES string of the molecule is c1ccc(-c2ccc(N(c3ccc(-c4ccc5c(ccc6oc7ccccc7c65)c4)cc3)c3ccc4c(c3)sc3ccccc34)cc2)cc1. The van der Waals surface area contributed by atoms with E-state index >= 15 is 0 Å². The molecule has 0 aliphatic heterocycles. The lowest BCUT2D eigenvalue weighted by molar-refractivity contribution is 0.669. The van der Waals surface area contributed by atoms with Crippen molar-refractivity contribution in [3.63, 3.8) is 0 Å². The van der Waals surface area contributed by atoms with Gasteiger partial charge in [-0.15, -0.1) is 11.3 Å². The fourth-order valence-electron chi connectivity index (χ4n) is 7.27. The van der Waals surface area contributed by atoms with Gasteiger partial charge in [0.2, 0.25) is 0 Å². The fourth-order valence-corrected chi connectivity index (χ4v) is 8.41. The number of furan rings is 1. The molecule has 3 heteroatoms. The van der Waals surface area contributed by atoms with E-state index in [-0.39, 0.29) is 0 Å². The molecule has 2 heterocycles. The number of nitrogens with zero attached hydrogens (tertiary/aromatic N) is 1. The van der Waals surface area contributed by atoms with E-state index in [1.165, 1.54) is 58.6 Å². The normalized spacial score (nSPS) is 11.7. The molecule has 2 aromatic heterocycles. The molecular formula is C46H29NOS. The van der Waals surface area contributed by atoms with Gasteiger partial charge in [0.1, 0.15) is 11.2 Å². The Morgan fingerprint density at radius 2 is 0.959 bits per heavy atom. The van der Waals surface area contributed by atoms with Crippen molar-refractivity contribution in [2.45, 2.75) is 0 Å². The van der Waals surface area contributed by atoms with Crippen LogP contribution in [0.25, 0.3) is 75.1 Å². The van der Waals surface area contributed by atoms with Gasteiger partial charge in [-0.1, -0.05) is 115 Å². The first-order valence-electron chi connectivity index (χ1n) is 16.6. The molecule has 0 saturated heterocycles. The average Bonchev–Trinajstić information content (AvgIpc) is 3.74. The van der Waals surface area contributed by atoms with Crippen LogP contribution in [0.1, 0.15) is 0 Å². The maximum Gasteiger partial charge on any atom is 0.136 e. The highest BCUT2D eigenvalue weighted by Gasteiger charge is 2.16. The first-order chi connectivity index (χ1) is 24.3. The zero-order valence-corrected chi connectivity index (χ0v) is 27.3. The maximum atomic E-state index is 6.15. The molecule has 0 unspecified atom stereocenters. The number of thiophene rings is 1. The van der Waals surface area contributed by atoms with Gasteiger partial charge < -0.3 is 9.32 Å². The molecule has 0 atom stereocenters. The number of rotatable bonds is 5. The van der Waals surface area contributed by atoms with Crippen LogP contribution in [-0.2, 0) is 0 Å². The molecule has 0 N–H and O–H groups in total. The number of hydrogen-bond acceptors (Lipinski definition) is 3. The van der Waals surface area contributed by atoms with Crippen LogP contribution in [0.4, 0.5) is 17.1 Å². The monoisotopic (exact) mass is 643 g/mol. The van der Waals surface area contributed by atoms with Gasteiger partial charge in [0.25, 0.3) is 0 Å². The van der Waals surface area contributed by atoms with Gasteiger partial charge in [0.15, 0.2) is 0 Å². The Bertz CT molecular complexity index is 2810. The van der Waals surface area contributed by atoms with Crippen LogP contribution in [0.3, 0.4) is 0 Å². The highest BCUT2D eigenvalue weighted by molar-refractivity contribution is 7.25. The van der Waals surface area contributed by atoms with Crippen LogP contribution in [-0.4, -0.2) is 0 Å². The summed E-state index contributed by atoms with van der Waals surface area (Å²) in [6.07, 6.45) is 0. The molecule has 0 radical (unpaired) electrons. The third-order valence-electron chi connectivity index (χ3n) is 9.67. The third-order valence-corrected chi connectivity index (χ3v) is 10.8. The third kappa shape index (κ3) is 4.70. The quantitative estimate of drug-likeness (QED) is 0.186. The molecule has 2 nitrogen and oxygen atoms in total. The van der Waals surface area contributed by atoms with Gasteiger partial charge in [-0.3, -0.25) is 0 Å². The summed E-state index contributed by atoms with van der Waals surface area (Å²) in [5, 5.41) is 7.37. The summed E-state index contributed by atoms with van der Waals surface area (Å²) in [5.74, 6) is 0. The van der Waals surface area contributed by atoms with E-state index < -0.39 is 0 Å².